The number of hydrogen-bond acceptors (Lipinski definition) is 5. The van der Waals surface area contributed by atoms with Gasteiger partial charge < -0.3 is 19.3 Å². The first kappa shape index (κ1) is 17.1. The summed E-state index contributed by atoms with van der Waals surface area (Å²) in [5, 5.41) is 9.07. The number of hydrogen-bond donors (Lipinski definition) is 1. The van der Waals surface area contributed by atoms with Crippen LogP contribution in [-0.4, -0.2) is 48.0 Å². The zero-order valence-electron chi connectivity index (χ0n) is 15.4. The van der Waals surface area contributed by atoms with Crippen LogP contribution >= 0.6 is 0 Å². The SMILES string of the molecule is O=C(O)CN1CCC2(C=C(c3cccc4c3OCO4)c3ccccc3O2)CC1. The van der Waals surface area contributed by atoms with E-state index in [0.717, 1.165) is 46.8 Å². The molecule has 0 atom stereocenters. The summed E-state index contributed by atoms with van der Waals surface area (Å²) >= 11 is 0. The molecular weight excluding hydrogens is 358 g/mol. The minimum atomic E-state index is -0.793. The number of ether oxygens (including phenoxy) is 3. The van der Waals surface area contributed by atoms with Crippen molar-refractivity contribution in [3.05, 3.63) is 59.7 Å². The van der Waals surface area contributed by atoms with Crippen molar-refractivity contribution in [3.63, 3.8) is 0 Å². The Kier molecular flexibility index (Phi) is 4.02. The molecule has 0 aliphatic carbocycles. The van der Waals surface area contributed by atoms with Gasteiger partial charge in [-0.25, -0.2) is 0 Å². The number of benzene rings is 2. The Balaban J connectivity index is 1.55. The van der Waals surface area contributed by atoms with Gasteiger partial charge in [-0.2, -0.15) is 0 Å². The van der Waals surface area contributed by atoms with Crippen LogP contribution in [0.4, 0.5) is 0 Å². The first-order valence-electron chi connectivity index (χ1n) is 9.48. The number of aliphatic carboxylic acids is 1. The maximum Gasteiger partial charge on any atom is 0.317 e. The lowest BCUT2D eigenvalue weighted by atomic mass is 9.82. The third kappa shape index (κ3) is 2.90. The summed E-state index contributed by atoms with van der Waals surface area (Å²) in [5.41, 5.74) is 2.67. The predicted molar refractivity (Wildman–Crippen MR) is 103 cm³/mol. The quantitative estimate of drug-likeness (QED) is 0.884. The molecule has 2 aromatic rings. The lowest BCUT2D eigenvalue weighted by molar-refractivity contribution is -0.139. The molecule has 3 heterocycles. The predicted octanol–water partition coefficient (Wildman–Crippen LogP) is 3.16. The molecule has 1 N–H and O–H groups in total. The van der Waals surface area contributed by atoms with E-state index in [1.807, 2.05) is 35.2 Å². The summed E-state index contributed by atoms with van der Waals surface area (Å²) in [5.74, 6) is 1.58. The van der Waals surface area contributed by atoms with Crippen LogP contribution < -0.4 is 14.2 Å². The fourth-order valence-corrected chi connectivity index (χ4v) is 4.26. The van der Waals surface area contributed by atoms with E-state index < -0.39 is 11.6 Å². The zero-order chi connectivity index (χ0) is 19.1. The Morgan fingerprint density at radius 1 is 1.00 bits per heavy atom. The summed E-state index contributed by atoms with van der Waals surface area (Å²) in [7, 11) is 0. The smallest absolute Gasteiger partial charge is 0.317 e. The number of likely N-dealkylation sites (tertiary alicyclic amines) is 1. The Bertz CT molecular complexity index is 959. The number of rotatable bonds is 3. The van der Waals surface area contributed by atoms with Gasteiger partial charge in [0.15, 0.2) is 11.5 Å². The van der Waals surface area contributed by atoms with Gasteiger partial charge in [0.2, 0.25) is 6.79 Å². The van der Waals surface area contributed by atoms with Gasteiger partial charge in [0.25, 0.3) is 0 Å². The lowest BCUT2D eigenvalue weighted by Gasteiger charge is -2.42. The monoisotopic (exact) mass is 379 g/mol. The second kappa shape index (κ2) is 6.56. The Hall–Kier alpha value is -2.99. The van der Waals surface area contributed by atoms with Gasteiger partial charge in [0, 0.05) is 37.1 Å². The van der Waals surface area contributed by atoms with Crippen molar-refractivity contribution in [1.82, 2.24) is 4.90 Å². The number of carboxylic acid groups (broad SMARTS) is 1. The molecule has 0 amide bonds. The van der Waals surface area contributed by atoms with Crippen molar-refractivity contribution in [2.45, 2.75) is 18.4 Å². The van der Waals surface area contributed by atoms with Crippen LogP contribution in [0.15, 0.2) is 48.5 Å². The van der Waals surface area contributed by atoms with E-state index in [2.05, 4.69) is 18.2 Å². The highest BCUT2D eigenvalue weighted by molar-refractivity contribution is 5.88. The summed E-state index contributed by atoms with van der Waals surface area (Å²) < 4.78 is 17.8. The van der Waals surface area contributed by atoms with Crippen LogP contribution in [0.25, 0.3) is 5.57 Å². The molecular formula is C22H21NO5. The van der Waals surface area contributed by atoms with Crippen molar-refractivity contribution in [1.29, 1.82) is 0 Å². The molecule has 144 valence electrons. The molecule has 6 nitrogen and oxygen atoms in total. The highest BCUT2D eigenvalue weighted by atomic mass is 16.7. The second-order valence-corrected chi connectivity index (χ2v) is 7.43. The molecule has 1 saturated heterocycles. The summed E-state index contributed by atoms with van der Waals surface area (Å²) in [6, 6.07) is 14.0. The molecule has 3 aliphatic rings. The van der Waals surface area contributed by atoms with E-state index in [-0.39, 0.29) is 13.3 Å². The van der Waals surface area contributed by atoms with Crippen molar-refractivity contribution in [3.8, 4) is 17.2 Å². The standard InChI is InChI=1S/C22H21NO5/c24-20(25)13-23-10-8-22(9-11-23)12-17(15-4-1-2-6-18(15)28-22)16-5-3-7-19-21(16)27-14-26-19/h1-7,12H,8-11,13-14H2,(H,24,25). The minimum absolute atomic E-state index is 0.0701. The number of piperidine rings is 1. The third-order valence-electron chi connectivity index (χ3n) is 5.65. The number of fused-ring (bicyclic) bond motifs is 2. The van der Waals surface area contributed by atoms with Gasteiger partial charge in [0.05, 0.1) is 6.54 Å². The van der Waals surface area contributed by atoms with Crippen molar-refractivity contribution in [2.24, 2.45) is 0 Å². The molecule has 2 aromatic carbocycles. The number of carboxylic acids is 1. The van der Waals surface area contributed by atoms with Crippen molar-refractivity contribution < 1.29 is 24.1 Å². The van der Waals surface area contributed by atoms with Gasteiger partial charge >= 0.3 is 5.97 Å². The molecule has 1 fully saturated rings. The van der Waals surface area contributed by atoms with Crippen LogP contribution in [0.1, 0.15) is 24.0 Å². The second-order valence-electron chi connectivity index (χ2n) is 7.43. The Morgan fingerprint density at radius 2 is 1.75 bits per heavy atom. The van der Waals surface area contributed by atoms with Gasteiger partial charge in [-0.3, -0.25) is 9.69 Å². The average molecular weight is 379 g/mol. The first-order chi connectivity index (χ1) is 13.6. The van der Waals surface area contributed by atoms with Crippen LogP contribution in [0.2, 0.25) is 0 Å². The van der Waals surface area contributed by atoms with Gasteiger partial charge in [0.1, 0.15) is 11.4 Å². The maximum atomic E-state index is 11.0. The highest BCUT2D eigenvalue weighted by Crippen LogP contribution is 2.47. The number of nitrogens with zero attached hydrogens (tertiary/aromatic N) is 1. The fraction of sp³-hybridized carbons (Fsp3) is 0.318. The lowest BCUT2D eigenvalue weighted by Crippen LogP contribution is -2.49. The molecule has 6 heteroatoms. The van der Waals surface area contributed by atoms with Crippen LogP contribution in [0.3, 0.4) is 0 Å². The minimum Gasteiger partial charge on any atom is -0.482 e. The molecule has 5 rings (SSSR count). The zero-order valence-corrected chi connectivity index (χ0v) is 15.4. The summed E-state index contributed by atoms with van der Waals surface area (Å²) in [4.78, 5) is 13.0. The molecule has 28 heavy (non-hydrogen) atoms. The summed E-state index contributed by atoms with van der Waals surface area (Å²) in [6.07, 6.45) is 3.68. The summed E-state index contributed by atoms with van der Waals surface area (Å²) in [6.45, 7) is 1.67. The van der Waals surface area contributed by atoms with E-state index in [4.69, 9.17) is 19.3 Å². The van der Waals surface area contributed by atoms with E-state index >= 15 is 0 Å². The topological polar surface area (TPSA) is 68.2 Å². The normalized spacial score (nSPS) is 19.6. The van der Waals surface area contributed by atoms with Gasteiger partial charge in [-0.05, 0) is 23.8 Å². The van der Waals surface area contributed by atoms with E-state index in [1.165, 1.54) is 0 Å². The fourth-order valence-electron chi connectivity index (χ4n) is 4.26. The van der Waals surface area contributed by atoms with Crippen molar-refractivity contribution in [2.75, 3.05) is 26.4 Å². The Morgan fingerprint density at radius 3 is 2.57 bits per heavy atom. The molecule has 0 aromatic heterocycles. The molecule has 1 spiro atoms. The number of para-hydroxylation sites is 2. The van der Waals surface area contributed by atoms with Crippen LogP contribution in [0.5, 0.6) is 17.2 Å². The van der Waals surface area contributed by atoms with E-state index in [9.17, 15) is 4.79 Å². The van der Waals surface area contributed by atoms with E-state index in [0.29, 0.717) is 13.1 Å². The van der Waals surface area contributed by atoms with E-state index in [1.54, 1.807) is 0 Å². The molecule has 0 radical (unpaired) electrons. The molecule has 0 saturated carbocycles. The molecule has 3 aliphatic heterocycles. The largest absolute Gasteiger partial charge is 0.482 e. The van der Waals surface area contributed by atoms with Gasteiger partial charge in [-0.1, -0.05) is 30.3 Å². The molecule has 0 bridgehead atoms. The Labute approximate surface area is 162 Å². The third-order valence-corrected chi connectivity index (χ3v) is 5.65. The maximum absolute atomic E-state index is 11.0. The first-order valence-corrected chi connectivity index (χ1v) is 9.48. The average Bonchev–Trinajstić information content (AvgIpc) is 3.18. The van der Waals surface area contributed by atoms with Crippen molar-refractivity contribution >= 4 is 11.5 Å². The van der Waals surface area contributed by atoms with Gasteiger partial charge in [-0.15, -0.1) is 0 Å². The van der Waals surface area contributed by atoms with Crippen LogP contribution in [-0.2, 0) is 4.79 Å². The number of carbonyl (C=O) groups is 1. The molecule has 0 unspecified atom stereocenters. The van der Waals surface area contributed by atoms with Crippen LogP contribution in [0, 0.1) is 0 Å². The highest BCUT2D eigenvalue weighted by Gasteiger charge is 2.40.